The minimum absolute atomic E-state index is 0.0709. The number of aromatic nitrogens is 3. The average molecular weight is 466 g/mol. The number of aromatic amines is 1. The lowest BCUT2D eigenvalue weighted by Gasteiger charge is -2.10. The van der Waals surface area contributed by atoms with Crippen LogP contribution in [0.5, 0.6) is 0 Å². The molecule has 1 atom stereocenters. The summed E-state index contributed by atoms with van der Waals surface area (Å²) in [6, 6.07) is 14.2. The van der Waals surface area contributed by atoms with Crippen molar-refractivity contribution in [2.45, 2.75) is 19.0 Å². The second-order valence-corrected chi connectivity index (χ2v) is 7.91. The van der Waals surface area contributed by atoms with E-state index >= 15 is 0 Å². The van der Waals surface area contributed by atoms with Gasteiger partial charge in [0.25, 0.3) is 5.91 Å². The summed E-state index contributed by atoms with van der Waals surface area (Å²) < 4.78 is 6.59. The van der Waals surface area contributed by atoms with E-state index in [4.69, 9.17) is 4.42 Å². The van der Waals surface area contributed by atoms with Gasteiger partial charge in [-0.1, -0.05) is 34.1 Å². The number of imide groups is 1. The molecule has 8 nitrogen and oxygen atoms in total. The number of benzene rings is 2. The number of fused-ring (bicyclic) bond motifs is 1. The van der Waals surface area contributed by atoms with Crippen molar-refractivity contribution >= 4 is 38.8 Å². The number of nitrogens with one attached hydrogen (secondary N) is 2. The maximum Gasteiger partial charge on any atom is 0.325 e. The van der Waals surface area contributed by atoms with Crippen LogP contribution >= 0.6 is 15.9 Å². The Morgan fingerprint density at radius 3 is 2.70 bits per heavy atom. The summed E-state index contributed by atoms with van der Waals surface area (Å²) in [5.74, 6) is 0.220. The van der Waals surface area contributed by atoms with E-state index in [0.717, 1.165) is 31.4 Å². The highest BCUT2D eigenvalue weighted by atomic mass is 79.9. The minimum atomic E-state index is -0.634. The Hall–Kier alpha value is -3.46. The van der Waals surface area contributed by atoms with E-state index in [-0.39, 0.29) is 18.3 Å². The normalized spacial score (nSPS) is 16.4. The van der Waals surface area contributed by atoms with Gasteiger partial charge in [0.2, 0.25) is 11.8 Å². The Kier molecular flexibility index (Phi) is 4.59. The smallest absolute Gasteiger partial charge is 0.325 e. The lowest BCUT2D eigenvalue weighted by Crippen LogP contribution is -2.32. The molecule has 30 heavy (non-hydrogen) atoms. The number of halogens is 1. The van der Waals surface area contributed by atoms with Crippen molar-refractivity contribution in [2.75, 3.05) is 0 Å². The van der Waals surface area contributed by atoms with Crippen molar-refractivity contribution in [1.82, 2.24) is 25.4 Å². The van der Waals surface area contributed by atoms with Gasteiger partial charge in [-0.2, -0.15) is 0 Å². The van der Waals surface area contributed by atoms with Gasteiger partial charge in [0.05, 0.1) is 0 Å². The first-order chi connectivity index (χ1) is 14.6. The van der Waals surface area contributed by atoms with Crippen LogP contribution in [0.3, 0.4) is 0 Å². The van der Waals surface area contributed by atoms with Crippen molar-refractivity contribution in [2.24, 2.45) is 0 Å². The van der Waals surface area contributed by atoms with Crippen LogP contribution in [0.1, 0.15) is 11.5 Å². The molecule has 150 valence electrons. The number of urea groups is 1. The van der Waals surface area contributed by atoms with Crippen LogP contribution in [-0.4, -0.2) is 38.1 Å². The molecule has 1 aliphatic rings. The number of hydrogen-bond donors (Lipinski definition) is 2. The van der Waals surface area contributed by atoms with Crippen LogP contribution in [0.2, 0.25) is 0 Å². The Bertz CT molecular complexity index is 1250. The van der Waals surface area contributed by atoms with E-state index in [1.54, 1.807) is 0 Å². The zero-order valence-electron chi connectivity index (χ0n) is 15.6. The quantitative estimate of drug-likeness (QED) is 0.437. The molecule has 2 aromatic carbocycles. The van der Waals surface area contributed by atoms with Gasteiger partial charge in [-0.15, -0.1) is 10.2 Å². The maximum atomic E-state index is 12.8. The lowest BCUT2D eigenvalue weighted by atomic mass is 10.1. The van der Waals surface area contributed by atoms with Gasteiger partial charge in [0.15, 0.2) is 0 Å². The molecule has 0 aliphatic carbocycles. The highest BCUT2D eigenvalue weighted by Crippen LogP contribution is 2.23. The molecule has 1 saturated heterocycles. The van der Waals surface area contributed by atoms with Crippen LogP contribution in [0.25, 0.3) is 22.4 Å². The molecule has 3 amide bonds. The summed E-state index contributed by atoms with van der Waals surface area (Å²) >= 11 is 3.38. The van der Waals surface area contributed by atoms with Gasteiger partial charge in [-0.3, -0.25) is 9.69 Å². The maximum absolute atomic E-state index is 12.8. The zero-order valence-corrected chi connectivity index (χ0v) is 17.2. The SMILES string of the molecule is O=C1N[C@H](Cc2c[nH]c3ccccc23)C(=O)N1Cc1nnc(-c2ccc(Br)cc2)o1. The van der Waals surface area contributed by atoms with Crippen LogP contribution < -0.4 is 5.32 Å². The van der Waals surface area contributed by atoms with Crippen LogP contribution in [0.4, 0.5) is 4.79 Å². The van der Waals surface area contributed by atoms with E-state index in [1.807, 2.05) is 54.7 Å². The fourth-order valence-corrected chi connectivity index (χ4v) is 3.81. The molecule has 1 aliphatic heterocycles. The number of carbonyl (C=O) groups is 2. The number of para-hydroxylation sites is 1. The van der Waals surface area contributed by atoms with Gasteiger partial charge in [0, 0.05) is 33.6 Å². The number of amides is 3. The first-order valence-electron chi connectivity index (χ1n) is 9.33. The van der Waals surface area contributed by atoms with Gasteiger partial charge < -0.3 is 14.7 Å². The molecule has 0 bridgehead atoms. The largest absolute Gasteiger partial charge is 0.419 e. The fourth-order valence-electron chi connectivity index (χ4n) is 3.55. The summed E-state index contributed by atoms with van der Waals surface area (Å²) in [5.41, 5.74) is 2.72. The molecule has 2 aromatic heterocycles. The Morgan fingerprint density at radius 2 is 1.87 bits per heavy atom. The van der Waals surface area contributed by atoms with Crippen LogP contribution in [0, 0.1) is 0 Å². The molecule has 4 aromatic rings. The predicted octanol–water partition coefficient (Wildman–Crippen LogP) is 3.64. The van der Waals surface area contributed by atoms with E-state index in [9.17, 15) is 9.59 Å². The summed E-state index contributed by atoms with van der Waals surface area (Å²) in [5, 5.41) is 11.8. The highest BCUT2D eigenvalue weighted by molar-refractivity contribution is 9.10. The number of carbonyl (C=O) groups excluding carboxylic acids is 2. The molecular weight excluding hydrogens is 450 g/mol. The van der Waals surface area contributed by atoms with E-state index < -0.39 is 12.1 Å². The number of H-pyrrole nitrogens is 1. The summed E-state index contributed by atoms with van der Waals surface area (Å²) in [4.78, 5) is 29.5. The highest BCUT2D eigenvalue weighted by Gasteiger charge is 2.39. The second-order valence-electron chi connectivity index (χ2n) is 7.00. The second kappa shape index (κ2) is 7.42. The summed E-state index contributed by atoms with van der Waals surface area (Å²) in [6.45, 7) is -0.0709. The molecule has 5 rings (SSSR count). The third-order valence-corrected chi connectivity index (χ3v) is 5.59. The molecular formula is C21H16BrN5O3. The molecule has 0 saturated carbocycles. The first kappa shape index (κ1) is 18.6. The topological polar surface area (TPSA) is 104 Å². The van der Waals surface area contributed by atoms with Crippen molar-refractivity contribution in [3.05, 3.63) is 70.7 Å². The number of hydrogen-bond acceptors (Lipinski definition) is 5. The predicted molar refractivity (Wildman–Crippen MR) is 112 cm³/mol. The molecule has 3 heterocycles. The van der Waals surface area contributed by atoms with Crippen molar-refractivity contribution in [3.63, 3.8) is 0 Å². The number of nitrogens with zero attached hydrogens (tertiary/aromatic N) is 3. The fraction of sp³-hybridized carbons (Fsp3) is 0.143. The zero-order chi connectivity index (χ0) is 20.7. The van der Waals surface area contributed by atoms with Crippen LogP contribution in [0.15, 0.2) is 63.6 Å². The minimum Gasteiger partial charge on any atom is -0.419 e. The Morgan fingerprint density at radius 1 is 1.07 bits per heavy atom. The third-order valence-electron chi connectivity index (χ3n) is 5.06. The van der Waals surface area contributed by atoms with Gasteiger partial charge in [-0.25, -0.2) is 4.79 Å². The first-order valence-corrected chi connectivity index (χ1v) is 10.1. The third kappa shape index (κ3) is 3.37. The molecule has 1 fully saturated rings. The molecule has 0 spiro atoms. The monoisotopic (exact) mass is 465 g/mol. The molecule has 0 radical (unpaired) electrons. The van der Waals surface area contributed by atoms with Crippen LogP contribution in [-0.2, 0) is 17.8 Å². The molecule has 9 heteroatoms. The number of rotatable bonds is 5. The standard InChI is InChI=1S/C21H16BrN5O3/c22-14-7-5-12(6-8-14)19-26-25-18(30-19)11-27-20(28)17(24-21(27)29)9-13-10-23-16-4-2-1-3-15(13)16/h1-8,10,17,23H,9,11H2,(H,24,29)/t17-/m1/s1. The van der Waals surface area contributed by atoms with E-state index in [0.29, 0.717) is 12.3 Å². The average Bonchev–Trinajstić information content (AvgIpc) is 3.44. The summed E-state index contributed by atoms with van der Waals surface area (Å²) in [7, 11) is 0. The van der Waals surface area contributed by atoms with E-state index in [1.165, 1.54) is 0 Å². The Labute approximate surface area is 179 Å². The van der Waals surface area contributed by atoms with E-state index in [2.05, 4.69) is 36.4 Å². The molecule has 0 unspecified atom stereocenters. The van der Waals surface area contributed by atoms with Gasteiger partial charge in [0.1, 0.15) is 12.6 Å². The lowest BCUT2D eigenvalue weighted by molar-refractivity contribution is -0.128. The van der Waals surface area contributed by atoms with Crippen molar-refractivity contribution in [1.29, 1.82) is 0 Å². The molecule has 2 N–H and O–H groups in total. The Balaban J connectivity index is 1.31. The summed E-state index contributed by atoms with van der Waals surface area (Å²) in [6.07, 6.45) is 2.27. The van der Waals surface area contributed by atoms with Gasteiger partial charge in [-0.05, 0) is 35.9 Å². The van der Waals surface area contributed by atoms with Gasteiger partial charge >= 0.3 is 6.03 Å². The van der Waals surface area contributed by atoms with Crippen molar-refractivity contribution < 1.29 is 14.0 Å². The van der Waals surface area contributed by atoms with Crippen molar-refractivity contribution in [3.8, 4) is 11.5 Å².